The van der Waals surface area contributed by atoms with Crippen molar-refractivity contribution in [1.29, 1.82) is 0 Å². The monoisotopic (exact) mass is 425 g/mol. The van der Waals surface area contributed by atoms with Gasteiger partial charge in [-0.3, -0.25) is 4.79 Å². The van der Waals surface area contributed by atoms with Gasteiger partial charge in [0.2, 0.25) is 5.91 Å². The van der Waals surface area contributed by atoms with Gasteiger partial charge in [0.25, 0.3) is 0 Å². The lowest BCUT2D eigenvalue weighted by molar-refractivity contribution is -0.118. The highest BCUT2D eigenvalue weighted by Gasteiger charge is 2.14. The predicted molar refractivity (Wildman–Crippen MR) is 120 cm³/mol. The van der Waals surface area contributed by atoms with E-state index in [1.165, 1.54) is 11.8 Å². The molecular weight excluding hydrogens is 398 g/mol. The summed E-state index contributed by atoms with van der Waals surface area (Å²) in [7, 11) is 3.23. The van der Waals surface area contributed by atoms with Crippen LogP contribution in [0.5, 0.6) is 11.5 Å². The highest BCUT2D eigenvalue weighted by molar-refractivity contribution is 8.00. The lowest BCUT2D eigenvalue weighted by Crippen LogP contribution is -2.27. The predicted octanol–water partition coefficient (Wildman–Crippen LogP) is 3.96. The number of methoxy groups -OCH3 is 2. The topological polar surface area (TPSA) is 65.4 Å². The molecule has 0 unspecified atom stereocenters. The van der Waals surface area contributed by atoms with E-state index in [-0.39, 0.29) is 5.91 Å². The molecule has 158 valence electrons. The van der Waals surface area contributed by atoms with Gasteiger partial charge in [-0.2, -0.15) is 5.10 Å². The maximum absolute atomic E-state index is 12.3. The van der Waals surface area contributed by atoms with Crippen LogP contribution in [0.15, 0.2) is 53.4 Å². The standard InChI is InChI=1S/C23H27N3O3S/c1-16-23(17(2)26(25-16)19-8-6-5-7-9-19)30-15-22(27)24-13-12-18-10-11-20(28-3)21(14-18)29-4/h5-11,14H,12-13,15H2,1-4H3,(H,24,27). The Morgan fingerprint density at radius 3 is 2.50 bits per heavy atom. The first-order chi connectivity index (χ1) is 14.5. The van der Waals surface area contributed by atoms with Crippen LogP contribution < -0.4 is 14.8 Å². The van der Waals surface area contributed by atoms with Gasteiger partial charge in [0.1, 0.15) is 0 Å². The van der Waals surface area contributed by atoms with Crippen molar-refractivity contribution < 1.29 is 14.3 Å². The quantitative estimate of drug-likeness (QED) is 0.526. The van der Waals surface area contributed by atoms with Crippen molar-refractivity contribution in [3.05, 3.63) is 65.5 Å². The van der Waals surface area contributed by atoms with Gasteiger partial charge in [-0.05, 0) is 50.1 Å². The zero-order valence-electron chi connectivity index (χ0n) is 17.8. The summed E-state index contributed by atoms with van der Waals surface area (Å²) in [5.74, 6) is 1.75. The van der Waals surface area contributed by atoms with Crippen LogP contribution >= 0.6 is 11.8 Å². The number of nitrogens with one attached hydrogen (secondary N) is 1. The molecule has 3 rings (SSSR count). The Kier molecular flexibility index (Phi) is 7.41. The van der Waals surface area contributed by atoms with E-state index in [0.29, 0.717) is 23.8 Å². The second-order valence-electron chi connectivity index (χ2n) is 6.83. The van der Waals surface area contributed by atoms with Gasteiger partial charge in [0.15, 0.2) is 11.5 Å². The summed E-state index contributed by atoms with van der Waals surface area (Å²) in [6.07, 6.45) is 0.723. The Morgan fingerprint density at radius 1 is 1.07 bits per heavy atom. The Morgan fingerprint density at radius 2 is 1.80 bits per heavy atom. The largest absolute Gasteiger partial charge is 0.493 e. The smallest absolute Gasteiger partial charge is 0.230 e. The average Bonchev–Trinajstić information content (AvgIpc) is 3.06. The minimum Gasteiger partial charge on any atom is -0.493 e. The van der Waals surface area contributed by atoms with Gasteiger partial charge in [0, 0.05) is 6.54 Å². The molecule has 3 aromatic rings. The molecule has 2 aromatic carbocycles. The first-order valence-electron chi connectivity index (χ1n) is 9.75. The molecule has 0 spiro atoms. The number of ether oxygens (including phenoxy) is 2. The minimum atomic E-state index is 0.00624. The number of carbonyl (C=O) groups is 1. The third-order valence-corrected chi connectivity index (χ3v) is 6.04. The molecular formula is C23H27N3O3S. The number of benzene rings is 2. The molecule has 0 fully saturated rings. The summed E-state index contributed by atoms with van der Waals surface area (Å²) in [5, 5.41) is 7.62. The molecule has 0 aliphatic rings. The van der Waals surface area contributed by atoms with Crippen LogP contribution in [0.2, 0.25) is 0 Å². The molecule has 0 saturated carbocycles. The number of nitrogens with zero attached hydrogens (tertiary/aromatic N) is 2. The second kappa shape index (κ2) is 10.2. The third-order valence-electron chi connectivity index (χ3n) is 4.76. The summed E-state index contributed by atoms with van der Waals surface area (Å²) in [6, 6.07) is 15.8. The van der Waals surface area contributed by atoms with Crippen molar-refractivity contribution in [2.24, 2.45) is 0 Å². The van der Waals surface area contributed by atoms with E-state index in [1.807, 2.05) is 67.1 Å². The van der Waals surface area contributed by atoms with Gasteiger partial charge >= 0.3 is 0 Å². The van der Waals surface area contributed by atoms with Crippen LogP contribution in [0, 0.1) is 13.8 Å². The summed E-state index contributed by atoms with van der Waals surface area (Å²) in [5.41, 5.74) is 4.07. The molecule has 0 radical (unpaired) electrons. The fourth-order valence-corrected chi connectivity index (χ4v) is 4.15. The lowest BCUT2D eigenvalue weighted by atomic mass is 10.1. The van der Waals surface area contributed by atoms with Crippen LogP contribution in [0.25, 0.3) is 5.69 Å². The number of para-hydroxylation sites is 1. The zero-order valence-corrected chi connectivity index (χ0v) is 18.6. The van der Waals surface area contributed by atoms with Gasteiger partial charge in [-0.15, -0.1) is 11.8 Å². The molecule has 0 aliphatic carbocycles. The summed E-state index contributed by atoms with van der Waals surface area (Å²) in [4.78, 5) is 13.4. The number of thioether (sulfide) groups is 1. The minimum absolute atomic E-state index is 0.00624. The summed E-state index contributed by atoms with van der Waals surface area (Å²) >= 11 is 1.52. The third kappa shape index (κ3) is 5.16. The number of aryl methyl sites for hydroxylation is 1. The zero-order chi connectivity index (χ0) is 21.5. The van der Waals surface area contributed by atoms with E-state index in [9.17, 15) is 4.79 Å². The van der Waals surface area contributed by atoms with E-state index >= 15 is 0 Å². The maximum Gasteiger partial charge on any atom is 0.230 e. The highest BCUT2D eigenvalue weighted by atomic mass is 32.2. The van der Waals surface area contributed by atoms with E-state index in [1.54, 1.807) is 14.2 Å². The molecule has 1 amide bonds. The van der Waals surface area contributed by atoms with Crippen molar-refractivity contribution in [2.45, 2.75) is 25.2 Å². The Balaban J connectivity index is 1.52. The van der Waals surface area contributed by atoms with Gasteiger partial charge in [-0.25, -0.2) is 4.68 Å². The fraction of sp³-hybridized carbons (Fsp3) is 0.304. The van der Waals surface area contributed by atoms with Gasteiger partial charge in [0.05, 0.1) is 41.9 Å². The van der Waals surface area contributed by atoms with Crippen molar-refractivity contribution in [3.63, 3.8) is 0 Å². The van der Waals surface area contributed by atoms with E-state index in [2.05, 4.69) is 10.4 Å². The number of hydrogen-bond acceptors (Lipinski definition) is 5. The van der Waals surface area contributed by atoms with Crippen LogP contribution in [0.1, 0.15) is 17.0 Å². The van der Waals surface area contributed by atoms with Crippen LogP contribution in [-0.4, -0.2) is 42.2 Å². The molecule has 0 aliphatic heterocycles. The van der Waals surface area contributed by atoms with Gasteiger partial charge in [-0.1, -0.05) is 24.3 Å². The summed E-state index contributed by atoms with van der Waals surface area (Å²) in [6.45, 7) is 4.57. The molecule has 0 atom stereocenters. The fourth-order valence-electron chi connectivity index (χ4n) is 3.23. The first-order valence-corrected chi connectivity index (χ1v) is 10.7. The van der Waals surface area contributed by atoms with Gasteiger partial charge < -0.3 is 14.8 Å². The Hall–Kier alpha value is -2.93. The van der Waals surface area contributed by atoms with Crippen molar-refractivity contribution in [1.82, 2.24) is 15.1 Å². The lowest BCUT2D eigenvalue weighted by Gasteiger charge is -2.10. The highest BCUT2D eigenvalue weighted by Crippen LogP contribution is 2.28. The van der Waals surface area contributed by atoms with E-state index in [4.69, 9.17) is 9.47 Å². The molecule has 6 nitrogen and oxygen atoms in total. The number of carbonyl (C=O) groups excluding carboxylic acids is 1. The van der Waals surface area contributed by atoms with E-state index < -0.39 is 0 Å². The summed E-state index contributed by atoms with van der Waals surface area (Å²) < 4.78 is 12.5. The molecule has 1 aromatic heterocycles. The Labute approximate surface area is 181 Å². The van der Waals surface area contributed by atoms with Crippen LogP contribution in [-0.2, 0) is 11.2 Å². The maximum atomic E-state index is 12.3. The number of aromatic nitrogens is 2. The molecule has 0 saturated heterocycles. The molecule has 1 N–H and O–H groups in total. The average molecular weight is 426 g/mol. The number of rotatable bonds is 9. The number of hydrogen-bond donors (Lipinski definition) is 1. The molecule has 30 heavy (non-hydrogen) atoms. The second-order valence-corrected chi connectivity index (χ2v) is 7.81. The van der Waals surface area contributed by atoms with E-state index in [0.717, 1.165) is 34.0 Å². The number of amides is 1. The van der Waals surface area contributed by atoms with Crippen molar-refractivity contribution in [2.75, 3.05) is 26.5 Å². The normalized spacial score (nSPS) is 10.7. The SMILES string of the molecule is COc1ccc(CCNC(=O)CSc2c(C)nn(-c3ccccc3)c2C)cc1OC. The molecule has 0 bridgehead atoms. The Bertz CT molecular complexity index is 1000. The molecule has 7 heteroatoms. The molecule has 1 heterocycles. The van der Waals surface area contributed by atoms with Crippen LogP contribution in [0.4, 0.5) is 0 Å². The van der Waals surface area contributed by atoms with Crippen LogP contribution in [0.3, 0.4) is 0 Å². The van der Waals surface area contributed by atoms with Crippen molar-refractivity contribution in [3.8, 4) is 17.2 Å². The first kappa shape index (κ1) is 21.8. The van der Waals surface area contributed by atoms with Crippen molar-refractivity contribution >= 4 is 17.7 Å².